The summed E-state index contributed by atoms with van der Waals surface area (Å²) >= 11 is 0. The summed E-state index contributed by atoms with van der Waals surface area (Å²) in [7, 11) is 0. The van der Waals surface area contributed by atoms with Crippen LogP contribution in [0, 0.1) is 0 Å². The van der Waals surface area contributed by atoms with Crippen molar-refractivity contribution in [1.29, 1.82) is 0 Å². The number of hydrogen-bond acceptors (Lipinski definition) is 3. The molecule has 0 saturated heterocycles. The van der Waals surface area contributed by atoms with E-state index in [-0.39, 0.29) is 0 Å². The highest BCUT2D eigenvalue weighted by molar-refractivity contribution is 5.86. The quantitative estimate of drug-likeness (QED) is 0.352. The Labute approximate surface area is 175 Å². The van der Waals surface area contributed by atoms with Gasteiger partial charge in [-0.15, -0.1) is 0 Å². The summed E-state index contributed by atoms with van der Waals surface area (Å²) in [5, 5.41) is 0. The largest absolute Gasteiger partial charge is 0.255 e. The van der Waals surface area contributed by atoms with Gasteiger partial charge in [-0.25, -0.2) is 4.98 Å². The molecule has 0 unspecified atom stereocenters. The van der Waals surface area contributed by atoms with Crippen molar-refractivity contribution in [2.45, 2.75) is 0 Å². The Morgan fingerprint density at radius 3 is 1.43 bits per heavy atom. The van der Waals surface area contributed by atoms with Gasteiger partial charge in [-0.05, 0) is 58.7 Å². The van der Waals surface area contributed by atoms with Gasteiger partial charge in [-0.3, -0.25) is 9.97 Å². The third-order valence-electron chi connectivity index (χ3n) is 5.00. The van der Waals surface area contributed by atoms with Crippen LogP contribution in [0.1, 0.15) is 0 Å². The van der Waals surface area contributed by atoms with Crippen molar-refractivity contribution in [2.24, 2.45) is 0 Å². The maximum atomic E-state index is 4.88. The van der Waals surface area contributed by atoms with Crippen molar-refractivity contribution in [3.8, 4) is 45.0 Å². The summed E-state index contributed by atoms with van der Waals surface area (Å²) in [5.74, 6) is 0. The first-order chi connectivity index (χ1) is 14.9. The SMILES string of the molecule is c1ccc(-c2ccccc2-c2cc(-c3ccccn3)nc(-c3ccccn3)c2)cc1. The molecule has 2 aromatic carbocycles. The molecule has 0 bridgehead atoms. The first kappa shape index (κ1) is 18.0. The molecule has 0 atom stereocenters. The number of pyridine rings is 3. The fourth-order valence-corrected chi connectivity index (χ4v) is 3.58. The zero-order valence-electron chi connectivity index (χ0n) is 16.3. The maximum Gasteiger partial charge on any atom is 0.0900 e. The van der Waals surface area contributed by atoms with E-state index in [0.717, 1.165) is 33.9 Å². The second kappa shape index (κ2) is 8.10. The molecule has 0 saturated carbocycles. The molecule has 0 aliphatic rings. The van der Waals surface area contributed by atoms with E-state index < -0.39 is 0 Å². The fraction of sp³-hybridized carbons (Fsp3) is 0. The van der Waals surface area contributed by atoms with Crippen LogP contribution < -0.4 is 0 Å². The van der Waals surface area contributed by atoms with E-state index in [1.807, 2.05) is 42.5 Å². The Hall–Kier alpha value is -4.11. The van der Waals surface area contributed by atoms with Gasteiger partial charge >= 0.3 is 0 Å². The van der Waals surface area contributed by atoms with Crippen LogP contribution in [0.5, 0.6) is 0 Å². The molecule has 3 nitrogen and oxygen atoms in total. The molecule has 5 rings (SSSR count). The molecule has 0 N–H and O–H groups in total. The summed E-state index contributed by atoms with van der Waals surface area (Å²) in [6, 6.07) is 34.9. The van der Waals surface area contributed by atoms with Crippen LogP contribution in [0.15, 0.2) is 116 Å². The van der Waals surface area contributed by atoms with Crippen LogP contribution in [0.2, 0.25) is 0 Å². The van der Waals surface area contributed by atoms with Gasteiger partial charge in [0.25, 0.3) is 0 Å². The minimum Gasteiger partial charge on any atom is -0.255 e. The Morgan fingerprint density at radius 2 is 0.900 bits per heavy atom. The van der Waals surface area contributed by atoms with Gasteiger partial charge < -0.3 is 0 Å². The molecular formula is C27H19N3. The summed E-state index contributed by atoms with van der Waals surface area (Å²) in [6.45, 7) is 0. The van der Waals surface area contributed by atoms with E-state index in [9.17, 15) is 0 Å². The average molecular weight is 385 g/mol. The summed E-state index contributed by atoms with van der Waals surface area (Å²) in [6.07, 6.45) is 3.59. The highest BCUT2D eigenvalue weighted by Gasteiger charge is 2.13. The molecule has 142 valence electrons. The second-order valence-corrected chi connectivity index (χ2v) is 6.97. The van der Waals surface area contributed by atoms with Gasteiger partial charge in [0.1, 0.15) is 0 Å². The normalized spacial score (nSPS) is 10.7. The monoisotopic (exact) mass is 385 g/mol. The summed E-state index contributed by atoms with van der Waals surface area (Å²) in [5.41, 5.74) is 7.95. The molecule has 0 fully saturated rings. The van der Waals surface area contributed by atoms with E-state index >= 15 is 0 Å². The minimum atomic E-state index is 0.830. The standard InChI is InChI=1S/C27H19N3/c1-2-10-20(11-3-1)22-12-4-5-13-23(22)21-18-26(24-14-6-8-16-28-24)30-27(19-21)25-15-7-9-17-29-25/h1-19H. The van der Waals surface area contributed by atoms with Crippen LogP contribution in [-0.2, 0) is 0 Å². The summed E-state index contributed by atoms with van der Waals surface area (Å²) < 4.78 is 0. The van der Waals surface area contributed by atoms with E-state index in [1.165, 1.54) is 11.1 Å². The van der Waals surface area contributed by atoms with Crippen molar-refractivity contribution in [3.63, 3.8) is 0 Å². The van der Waals surface area contributed by atoms with E-state index in [0.29, 0.717) is 0 Å². The Bertz CT molecular complexity index is 1210. The lowest BCUT2D eigenvalue weighted by Gasteiger charge is -2.13. The van der Waals surface area contributed by atoms with Crippen LogP contribution in [0.4, 0.5) is 0 Å². The minimum absolute atomic E-state index is 0.830. The number of aromatic nitrogens is 3. The molecule has 0 aliphatic heterocycles. The first-order valence-electron chi connectivity index (χ1n) is 9.88. The second-order valence-electron chi connectivity index (χ2n) is 6.97. The Balaban J connectivity index is 1.74. The number of rotatable bonds is 4. The molecular weight excluding hydrogens is 366 g/mol. The molecule has 0 radical (unpaired) electrons. The van der Waals surface area contributed by atoms with Crippen LogP contribution in [-0.4, -0.2) is 15.0 Å². The highest BCUT2D eigenvalue weighted by Crippen LogP contribution is 2.35. The first-order valence-corrected chi connectivity index (χ1v) is 9.88. The molecule has 3 heterocycles. The number of benzene rings is 2. The van der Waals surface area contributed by atoms with Gasteiger partial charge in [0.05, 0.1) is 22.8 Å². The fourth-order valence-electron chi connectivity index (χ4n) is 3.58. The summed E-state index contributed by atoms with van der Waals surface area (Å²) in [4.78, 5) is 13.9. The molecule has 0 spiro atoms. The van der Waals surface area contributed by atoms with Crippen molar-refractivity contribution in [3.05, 3.63) is 116 Å². The van der Waals surface area contributed by atoms with Crippen molar-refractivity contribution in [2.75, 3.05) is 0 Å². The lowest BCUT2D eigenvalue weighted by Crippen LogP contribution is -1.94. The maximum absolute atomic E-state index is 4.88. The zero-order chi connectivity index (χ0) is 20.2. The lowest BCUT2D eigenvalue weighted by molar-refractivity contribution is 1.22. The van der Waals surface area contributed by atoms with Crippen LogP contribution in [0.25, 0.3) is 45.0 Å². The van der Waals surface area contributed by atoms with Gasteiger partial charge in [-0.1, -0.05) is 66.7 Å². The van der Waals surface area contributed by atoms with Crippen LogP contribution in [0.3, 0.4) is 0 Å². The zero-order valence-corrected chi connectivity index (χ0v) is 16.3. The molecule has 3 heteroatoms. The van der Waals surface area contributed by atoms with E-state index in [2.05, 4.69) is 70.6 Å². The van der Waals surface area contributed by atoms with E-state index in [4.69, 9.17) is 4.98 Å². The molecule has 5 aromatic rings. The van der Waals surface area contributed by atoms with E-state index in [1.54, 1.807) is 12.4 Å². The molecule has 30 heavy (non-hydrogen) atoms. The van der Waals surface area contributed by atoms with Crippen molar-refractivity contribution >= 4 is 0 Å². The van der Waals surface area contributed by atoms with Gasteiger partial charge in [0.2, 0.25) is 0 Å². The predicted molar refractivity (Wildman–Crippen MR) is 122 cm³/mol. The average Bonchev–Trinajstić information content (AvgIpc) is 2.85. The molecule has 0 amide bonds. The van der Waals surface area contributed by atoms with Gasteiger partial charge in [-0.2, -0.15) is 0 Å². The molecule has 3 aromatic heterocycles. The predicted octanol–water partition coefficient (Wildman–Crippen LogP) is 6.54. The Morgan fingerprint density at radius 1 is 0.400 bits per heavy atom. The smallest absolute Gasteiger partial charge is 0.0900 e. The van der Waals surface area contributed by atoms with Crippen molar-refractivity contribution in [1.82, 2.24) is 15.0 Å². The third kappa shape index (κ3) is 3.61. The third-order valence-corrected chi connectivity index (χ3v) is 5.00. The van der Waals surface area contributed by atoms with Gasteiger partial charge in [0.15, 0.2) is 0 Å². The lowest BCUT2D eigenvalue weighted by atomic mass is 9.94. The molecule has 0 aliphatic carbocycles. The number of hydrogen-bond donors (Lipinski definition) is 0. The van der Waals surface area contributed by atoms with Crippen molar-refractivity contribution < 1.29 is 0 Å². The highest BCUT2D eigenvalue weighted by atomic mass is 14.8. The topological polar surface area (TPSA) is 38.7 Å². The number of nitrogens with zero attached hydrogens (tertiary/aromatic N) is 3. The van der Waals surface area contributed by atoms with Gasteiger partial charge in [0, 0.05) is 12.4 Å². The Kier molecular flexibility index (Phi) is 4.84. The van der Waals surface area contributed by atoms with Crippen LogP contribution >= 0.6 is 0 Å².